The van der Waals surface area contributed by atoms with Crippen LogP contribution in [-0.2, 0) is 10.8 Å². The summed E-state index contributed by atoms with van der Waals surface area (Å²) < 4.78 is 35.5. The lowest BCUT2D eigenvalue weighted by Crippen LogP contribution is -2.20. The topological polar surface area (TPSA) is 9.23 Å². The van der Waals surface area contributed by atoms with E-state index in [1.165, 1.54) is 56.1 Å². The van der Waals surface area contributed by atoms with Crippen LogP contribution in [0.2, 0.25) is 0 Å². The molecular weight excluding hydrogens is 462 g/mol. The molecule has 1 nitrogen and oxygen atoms in total. The van der Waals surface area contributed by atoms with Crippen molar-refractivity contribution < 1.29 is 13.5 Å². The maximum absolute atomic E-state index is 15.1. The van der Waals surface area contributed by atoms with Crippen LogP contribution in [0, 0.1) is 11.8 Å². The Labute approximate surface area is 223 Å². The molecule has 2 aromatic carbocycles. The van der Waals surface area contributed by atoms with Crippen LogP contribution in [0.1, 0.15) is 118 Å². The van der Waals surface area contributed by atoms with Gasteiger partial charge in [-0.1, -0.05) is 66.8 Å². The van der Waals surface area contributed by atoms with Crippen molar-refractivity contribution in [1.82, 2.24) is 0 Å². The maximum Gasteiger partial charge on any atom is 0.383 e. The summed E-state index contributed by atoms with van der Waals surface area (Å²) in [5, 5.41) is 0. The number of hydrogen-bond donors (Lipinski definition) is 0. The van der Waals surface area contributed by atoms with Gasteiger partial charge in [0.05, 0.1) is 11.7 Å². The van der Waals surface area contributed by atoms with Crippen molar-refractivity contribution >= 4 is 0 Å². The van der Waals surface area contributed by atoms with E-state index >= 15 is 8.78 Å². The molecule has 37 heavy (non-hydrogen) atoms. The fourth-order valence-electron chi connectivity index (χ4n) is 6.40. The van der Waals surface area contributed by atoms with Gasteiger partial charge in [0, 0.05) is 0 Å². The van der Waals surface area contributed by atoms with Gasteiger partial charge in [0.1, 0.15) is 0 Å². The molecule has 0 amide bonds. The van der Waals surface area contributed by atoms with E-state index < -0.39 is 12.2 Å². The normalized spacial score (nSPS) is 25.7. The SMILES string of the molecule is C=CCCC1CCC(c2ccc(C(F)(F)OC(C)c3ccc(C4CCC(/C=C/C)CC4)cc3)cc2)CC1. The second-order valence-corrected chi connectivity index (χ2v) is 11.3. The molecule has 2 aliphatic rings. The Hall–Kier alpha value is -2.26. The van der Waals surface area contributed by atoms with Gasteiger partial charge in [-0.2, -0.15) is 8.78 Å². The highest BCUT2D eigenvalue weighted by Crippen LogP contribution is 2.41. The highest BCUT2D eigenvalue weighted by molar-refractivity contribution is 5.29. The molecule has 0 N–H and O–H groups in total. The van der Waals surface area contributed by atoms with Crippen molar-refractivity contribution in [3.05, 3.63) is 95.6 Å². The van der Waals surface area contributed by atoms with Gasteiger partial charge in [0.25, 0.3) is 0 Å². The summed E-state index contributed by atoms with van der Waals surface area (Å²) in [6.07, 6.45) is 14.3. The van der Waals surface area contributed by atoms with E-state index in [2.05, 4.69) is 37.8 Å². The number of benzene rings is 2. The predicted octanol–water partition coefficient (Wildman–Crippen LogP) is 10.6. The summed E-state index contributed by atoms with van der Waals surface area (Å²) >= 11 is 0. The lowest BCUT2D eigenvalue weighted by atomic mass is 9.77. The summed E-state index contributed by atoms with van der Waals surface area (Å²) in [6, 6.07) is 15.0. The van der Waals surface area contributed by atoms with E-state index in [1.807, 2.05) is 30.3 Å². The highest BCUT2D eigenvalue weighted by atomic mass is 19.3. The van der Waals surface area contributed by atoms with Gasteiger partial charge in [0.2, 0.25) is 0 Å². The predicted molar refractivity (Wildman–Crippen MR) is 150 cm³/mol. The largest absolute Gasteiger partial charge is 0.383 e. The first-order valence-electron chi connectivity index (χ1n) is 14.4. The summed E-state index contributed by atoms with van der Waals surface area (Å²) in [4.78, 5) is 0. The summed E-state index contributed by atoms with van der Waals surface area (Å²) in [7, 11) is 0. The average Bonchev–Trinajstić information content (AvgIpc) is 2.93. The van der Waals surface area contributed by atoms with Crippen LogP contribution in [0.25, 0.3) is 0 Å². The van der Waals surface area contributed by atoms with Crippen LogP contribution in [0.5, 0.6) is 0 Å². The Morgan fingerprint density at radius 1 is 0.865 bits per heavy atom. The number of alkyl halides is 2. The zero-order valence-corrected chi connectivity index (χ0v) is 22.7. The Bertz CT molecular complexity index is 991. The smallest absolute Gasteiger partial charge is 0.309 e. The van der Waals surface area contributed by atoms with Crippen LogP contribution < -0.4 is 0 Å². The zero-order chi connectivity index (χ0) is 26.3. The molecule has 2 fully saturated rings. The molecule has 2 saturated carbocycles. The number of hydrogen-bond acceptors (Lipinski definition) is 1. The van der Waals surface area contributed by atoms with Gasteiger partial charge >= 0.3 is 6.11 Å². The van der Waals surface area contributed by atoms with Gasteiger partial charge < -0.3 is 4.74 Å². The Kier molecular flexibility index (Phi) is 9.76. The van der Waals surface area contributed by atoms with E-state index in [0.29, 0.717) is 17.8 Å². The molecule has 0 radical (unpaired) electrons. The van der Waals surface area contributed by atoms with Crippen molar-refractivity contribution in [2.45, 2.75) is 102 Å². The van der Waals surface area contributed by atoms with Crippen molar-refractivity contribution in [3.63, 3.8) is 0 Å². The lowest BCUT2D eigenvalue weighted by Gasteiger charge is -2.29. The molecule has 0 aromatic heterocycles. The van der Waals surface area contributed by atoms with E-state index in [0.717, 1.165) is 30.7 Å². The summed E-state index contributed by atoms with van der Waals surface area (Å²) in [5.41, 5.74) is 3.20. The molecule has 2 aliphatic carbocycles. The second kappa shape index (κ2) is 13.0. The molecule has 2 aromatic rings. The van der Waals surface area contributed by atoms with E-state index in [9.17, 15) is 0 Å². The highest BCUT2D eigenvalue weighted by Gasteiger charge is 2.35. The first kappa shape index (κ1) is 27.8. The van der Waals surface area contributed by atoms with Gasteiger partial charge in [-0.15, -0.1) is 6.58 Å². The van der Waals surface area contributed by atoms with Crippen LogP contribution in [0.4, 0.5) is 8.78 Å². The third-order valence-electron chi connectivity index (χ3n) is 8.78. The third-order valence-corrected chi connectivity index (χ3v) is 8.78. The number of halogens is 2. The minimum atomic E-state index is -3.33. The first-order chi connectivity index (χ1) is 17.9. The summed E-state index contributed by atoms with van der Waals surface area (Å²) in [6.45, 7) is 7.63. The van der Waals surface area contributed by atoms with Gasteiger partial charge in [-0.25, -0.2) is 0 Å². The van der Waals surface area contributed by atoms with E-state index in [-0.39, 0.29) is 5.56 Å². The monoisotopic (exact) mass is 506 g/mol. The van der Waals surface area contributed by atoms with Crippen LogP contribution in [0.15, 0.2) is 73.3 Å². The molecule has 3 heteroatoms. The quantitative estimate of drug-likeness (QED) is 0.291. The minimum Gasteiger partial charge on any atom is -0.309 e. The van der Waals surface area contributed by atoms with E-state index in [4.69, 9.17) is 4.74 Å². The Morgan fingerprint density at radius 2 is 1.41 bits per heavy atom. The van der Waals surface area contributed by atoms with Crippen LogP contribution >= 0.6 is 0 Å². The molecule has 0 saturated heterocycles. The third kappa shape index (κ3) is 7.41. The fraction of sp³-hybridized carbons (Fsp3) is 0.529. The Morgan fingerprint density at radius 3 is 1.95 bits per heavy atom. The van der Waals surface area contributed by atoms with E-state index in [1.54, 1.807) is 19.1 Å². The lowest BCUT2D eigenvalue weighted by molar-refractivity contribution is -0.272. The Balaban J connectivity index is 1.31. The average molecular weight is 507 g/mol. The molecule has 0 spiro atoms. The van der Waals surface area contributed by atoms with Crippen molar-refractivity contribution in [3.8, 4) is 0 Å². The second-order valence-electron chi connectivity index (χ2n) is 11.3. The zero-order valence-electron chi connectivity index (χ0n) is 22.7. The van der Waals surface area contributed by atoms with Crippen molar-refractivity contribution in [2.24, 2.45) is 11.8 Å². The van der Waals surface area contributed by atoms with Crippen molar-refractivity contribution in [2.75, 3.05) is 0 Å². The molecule has 4 rings (SSSR count). The number of allylic oxidation sites excluding steroid dienone is 3. The maximum atomic E-state index is 15.1. The number of ether oxygens (including phenoxy) is 1. The summed E-state index contributed by atoms with van der Waals surface area (Å²) in [5.74, 6) is 2.51. The van der Waals surface area contributed by atoms with Gasteiger partial charge in [-0.3, -0.25) is 0 Å². The fourth-order valence-corrected chi connectivity index (χ4v) is 6.40. The van der Waals surface area contributed by atoms with Crippen LogP contribution in [0.3, 0.4) is 0 Å². The molecule has 0 aliphatic heterocycles. The first-order valence-corrected chi connectivity index (χ1v) is 14.4. The van der Waals surface area contributed by atoms with Crippen LogP contribution in [-0.4, -0.2) is 0 Å². The minimum absolute atomic E-state index is 0.0720. The molecular formula is C34H44F2O. The standard InChI is InChI=1S/C34H44F2O/c1-4-6-8-27-11-15-30(16-12-27)32-21-23-33(24-22-32)34(35,36)37-25(3)28-17-19-31(20-18-28)29-13-9-26(7-5-2)10-14-29/h4-5,7,17-27,29-30H,1,6,8-16H2,2-3H3/b7-5+. The molecule has 200 valence electrons. The van der Waals surface area contributed by atoms with Crippen molar-refractivity contribution in [1.29, 1.82) is 0 Å². The number of rotatable bonds is 10. The van der Waals surface area contributed by atoms with Gasteiger partial charge in [0.15, 0.2) is 0 Å². The molecule has 0 heterocycles. The molecule has 1 atom stereocenters. The van der Waals surface area contributed by atoms with Gasteiger partial charge in [-0.05, 0) is 118 Å². The molecule has 0 bridgehead atoms. The molecule has 1 unspecified atom stereocenters.